The van der Waals surface area contributed by atoms with Crippen molar-refractivity contribution in [2.45, 2.75) is 64.6 Å². The van der Waals surface area contributed by atoms with E-state index in [0.717, 1.165) is 26.8 Å². The summed E-state index contributed by atoms with van der Waals surface area (Å²) in [5.41, 5.74) is 0. The van der Waals surface area contributed by atoms with Crippen LogP contribution in [0.5, 0.6) is 0 Å². The third kappa shape index (κ3) is 8.53. The lowest BCUT2D eigenvalue weighted by Crippen LogP contribution is -2.62. The van der Waals surface area contributed by atoms with Crippen molar-refractivity contribution < 1.29 is 57.1 Å². The molecule has 1 heterocycles. The van der Waals surface area contributed by atoms with E-state index < -0.39 is 60.4 Å². The highest BCUT2D eigenvalue weighted by Crippen LogP contribution is 2.32. The Morgan fingerprint density at radius 3 is 1.66 bits per heavy atom. The topological polar surface area (TPSA) is 150 Å². The number of ether oxygens (including phenoxy) is 7. The van der Waals surface area contributed by atoms with Gasteiger partial charge < -0.3 is 33.2 Å². The van der Waals surface area contributed by atoms with Gasteiger partial charge in [-0.25, -0.2) is 4.79 Å². The van der Waals surface area contributed by atoms with Gasteiger partial charge in [0.1, 0.15) is 24.6 Å². The van der Waals surface area contributed by atoms with Crippen LogP contribution in [0.4, 0.5) is 0 Å². The SMILES string of the molecule is COC(=O)/C=C(\C[C@@H]1O[C@H](COC(C)=O)[C@@H](OC(C)=O)[C@H](OC(C)=O)[C@H]1OC(C)=O)OC. The molecule has 180 valence electrons. The zero-order valence-electron chi connectivity index (χ0n) is 18.8. The minimum atomic E-state index is -1.30. The number of carbonyl (C=O) groups is 5. The van der Waals surface area contributed by atoms with E-state index in [-0.39, 0.29) is 18.8 Å². The van der Waals surface area contributed by atoms with Crippen LogP contribution in [-0.2, 0) is 57.1 Å². The number of hydrogen-bond acceptors (Lipinski definition) is 12. The second-order valence-electron chi connectivity index (χ2n) is 6.78. The van der Waals surface area contributed by atoms with Crippen LogP contribution in [-0.4, -0.2) is 81.2 Å². The summed E-state index contributed by atoms with van der Waals surface area (Å²) in [6, 6.07) is 0. The summed E-state index contributed by atoms with van der Waals surface area (Å²) < 4.78 is 36.6. The molecule has 12 heteroatoms. The predicted octanol–water partition coefficient (Wildman–Crippen LogP) is 0.205. The maximum Gasteiger partial charge on any atom is 0.333 e. The first-order valence-electron chi connectivity index (χ1n) is 9.61. The number of carbonyl (C=O) groups excluding carboxylic acids is 5. The van der Waals surface area contributed by atoms with E-state index in [1.54, 1.807) is 0 Å². The van der Waals surface area contributed by atoms with E-state index in [1.807, 2.05) is 0 Å². The molecule has 5 atom stereocenters. The second-order valence-corrected chi connectivity index (χ2v) is 6.78. The fourth-order valence-electron chi connectivity index (χ4n) is 3.07. The Bertz CT molecular complexity index is 743. The van der Waals surface area contributed by atoms with Crippen molar-refractivity contribution in [2.24, 2.45) is 0 Å². The van der Waals surface area contributed by atoms with Crippen LogP contribution >= 0.6 is 0 Å². The standard InChI is InChI=1S/C20H28O12/c1-10(21)28-9-16-19(30-12(3)23)20(31-13(4)24)18(29-11(2)22)15(32-16)7-14(26-5)8-17(25)27-6/h8,15-16,18-20H,7,9H2,1-6H3/b14-8+/t15-,16+,18-,19+,20+/m0/s1. The molecule has 1 fully saturated rings. The van der Waals surface area contributed by atoms with Gasteiger partial charge in [0.2, 0.25) is 0 Å². The Morgan fingerprint density at radius 2 is 1.22 bits per heavy atom. The molecule has 1 saturated heterocycles. The van der Waals surface area contributed by atoms with Crippen LogP contribution in [0.2, 0.25) is 0 Å². The van der Waals surface area contributed by atoms with Crippen LogP contribution in [0.25, 0.3) is 0 Å². The van der Waals surface area contributed by atoms with Crippen LogP contribution in [0, 0.1) is 0 Å². The lowest BCUT2D eigenvalue weighted by molar-refractivity contribution is -0.252. The number of esters is 5. The molecule has 0 amide bonds. The summed E-state index contributed by atoms with van der Waals surface area (Å²) in [7, 11) is 2.49. The van der Waals surface area contributed by atoms with Crippen LogP contribution in [0.3, 0.4) is 0 Å². The molecule has 0 aliphatic carbocycles. The molecule has 0 N–H and O–H groups in total. The zero-order valence-corrected chi connectivity index (χ0v) is 18.8. The molecular formula is C20H28O12. The fourth-order valence-corrected chi connectivity index (χ4v) is 3.07. The Hall–Kier alpha value is -3.15. The molecule has 0 radical (unpaired) electrons. The van der Waals surface area contributed by atoms with Gasteiger partial charge in [-0.05, 0) is 0 Å². The van der Waals surface area contributed by atoms with Gasteiger partial charge >= 0.3 is 29.8 Å². The molecule has 1 aliphatic rings. The summed E-state index contributed by atoms with van der Waals surface area (Å²) in [6.45, 7) is 4.21. The smallest absolute Gasteiger partial charge is 0.333 e. The first kappa shape index (κ1) is 26.9. The molecule has 12 nitrogen and oxygen atoms in total. The van der Waals surface area contributed by atoms with Gasteiger partial charge in [0.05, 0.1) is 20.3 Å². The molecule has 0 unspecified atom stereocenters. The minimum Gasteiger partial charge on any atom is -0.501 e. The molecule has 0 aromatic rings. The predicted molar refractivity (Wildman–Crippen MR) is 104 cm³/mol. The first-order chi connectivity index (χ1) is 15.0. The molecule has 1 aliphatic heterocycles. The molecule has 0 saturated carbocycles. The minimum absolute atomic E-state index is 0.109. The second kappa shape index (κ2) is 12.6. The largest absolute Gasteiger partial charge is 0.501 e. The van der Waals surface area contributed by atoms with E-state index >= 15 is 0 Å². The summed E-state index contributed by atoms with van der Waals surface area (Å²) in [5, 5.41) is 0. The van der Waals surface area contributed by atoms with Crippen molar-refractivity contribution in [2.75, 3.05) is 20.8 Å². The van der Waals surface area contributed by atoms with E-state index in [4.69, 9.17) is 28.4 Å². The monoisotopic (exact) mass is 460 g/mol. The average molecular weight is 460 g/mol. The summed E-state index contributed by atoms with van der Waals surface area (Å²) >= 11 is 0. The third-order valence-corrected chi connectivity index (χ3v) is 4.23. The highest BCUT2D eigenvalue weighted by molar-refractivity contribution is 5.82. The van der Waals surface area contributed by atoms with Crippen molar-refractivity contribution in [3.63, 3.8) is 0 Å². The Labute approximate surface area is 185 Å². The van der Waals surface area contributed by atoms with E-state index in [2.05, 4.69) is 4.74 Å². The van der Waals surface area contributed by atoms with Gasteiger partial charge in [-0.3, -0.25) is 19.2 Å². The molecule has 0 aromatic carbocycles. The van der Waals surface area contributed by atoms with Crippen molar-refractivity contribution in [1.29, 1.82) is 0 Å². The molecular weight excluding hydrogens is 432 g/mol. The Kier molecular flexibility index (Phi) is 10.6. The molecule has 32 heavy (non-hydrogen) atoms. The van der Waals surface area contributed by atoms with Gasteiger partial charge in [-0.1, -0.05) is 0 Å². The Morgan fingerprint density at radius 1 is 0.719 bits per heavy atom. The number of rotatable bonds is 9. The quantitative estimate of drug-likeness (QED) is 0.200. The van der Waals surface area contributed by atoms with Crippen molar-refractivity contribution in [1.82, 2.24) is 0 Å². The summed E-state index contributed by atoms with van der Waals surface area (Å²) in [6.07, 6.45) is -4.97. The highest BCUT2D eigenvalue weighted by Gasteiger charge is 2.52. The van der Waals surface area contributed by atoms with Gasteiger partial charge in [-0.2, -0.15) is 0 Å². The fraction of sp³-hybridized carbons (Fsp3) is 0.650. The van der Waals surface area contributed by atoms with E-state index in [1.165, 1.54) is 21.1 Å². The van der Waals surface area contributed by atoms with Gasteiger partial charge in [-0.15, -0.1) is 0 Å². The molecule has 0 spiro atoms. The lowest BCUT2D eigenvalue weighted by Gasteiger charge is -2.44. The summed E-state index contributed by atoms with van der Waals surface area (Å²) in [5.74, 6) is -3.41. The van der Waals surface area contributed by atoms with Gasteiger partial charge in [0, 0.05) is 34.1 Å². The van der Waals surface area contributed by atoms with Crippen molar-refractivity contribution in [3.8, 4) is 0 Å². The highest BCUT2D eigenvalue weighted by atomic mass is 16.7. The van der Waals surface area contributed by atoms with E-state index in [9.17, 15) is 24.0 Å². The molecule has 0 aromatic heterocycles. The maximum absolute atomic E-state index is 11.8. The summed E-state index contributed by atoms with van der Waals surface area (Å²) in [4.78, 5) is 58.2. The molecule has 0 bridgehead atoms. The van der Waals surface area contributed by atoms with Crippen LogP contribution < -0.4 is 0 Å². The van der Waals surface area contributed by atoms with Crippen molar-refractivity contribution in [3.05, 3.63) is 11.8 Å². The normalized spacial score (nSPS) is 25.2. The third-order valence-electron chi connectivity index (χ3n) is 4.23. The van der Waals surface area contributed by atoms with Gasteiger partial charge in [0.15, 0.2) is 18.3 Å². The number of hydrogen-bond donors (Lipinski definition) is 0. The average Bonchev–Trinajstić information content (AvgIpc) is 2.68. The van der Waals surface area contributed by atoms with Crippen molar-refractivity contribution >= 4 is 29.8 Å². The Balaban J connectivity index is 3.42. The van der Waals surface area contributed by atoms with Crippen LogP contribution in [0.15, 0.2) is 11.8 Å². The maximum atomic E-state index is 11.8. The van der Waals surface area contributed by atoms with Gasteiger partial charge in [0.25, 0.3) is 0 Å². The molecule has 1 rings (SSSR count). The van der Waals surface area contributed by atoms with Crippen LogP contribution in [0.1, 0.15) is 34.1 Å². The first-order valence-corrected chi connectivity index (χ1v) is 9.61. The zero-order chi connectivity index (χ0) is 24.4. The van der Waals surface area contributed by atoms with E-state index in [0.29, 0.717) is 0 Å². The lowest BCUT2D eigenvalue weighted by atomic mass is 9.92. The number of methoxy groups -OCH3 is 2.